The maximum absolute atomic E-state index is 12.5. The number of hydrogen-bond donors (Lipinski definition) is 3. The molecule has 3 aromatic rings. The summed E-state index contributed by atoms with van der Waals surface area (Å²) in [6.07, 6.45) is 0. The molecule has 33 heavy (non-hydrogen) atoms. The maximum atomic E-state index is 12.5. The van der Waals surface area contributed by atoms with Gasteiger partial charge in [0, 0.05) is 44.4 Å². The molecule has 3 N–H and O–H groups in total. The second-order valence-electron chi connectivity index (χ2n) is 7.31. The molecule has 0 unspecified atom stereocenters. The van der Waals surface area contributed by atoms with Crippen molar-refractivity contribution in [1.29, 1.82) is 0 Å². The fraction of sp³-hybridized carbons (Fsp3) is 0.273. The molecule has 2 aromatic carbocycles. The van der Waals surface area contributed by atoms with Crippen LogP contribution in [0.15, 0.2) is 52.2 Å². The van der Waals surface area contributed by atoms with E-state index in [-0.39, 0.29) is 40.0 Å². The van der Waals surface area contributed by atoms with Crippen molar-refractivity contribution >= 4 is 11.6 Å². The predicted octanol–water partition coefficient (Wildman–Crippen LogP) is 3.01. The summed E-state index contributed by atoms with van der Waals surface area (Å²) in [6.45, 7) is 4.13. The van der Waals surface area contributed by atoms with Crippen LogP contribution in [0.25, 0.3) is 11.3 Å². The molecule has 1 aromatic heterocycles. The Kier molecular flexibility index (Phi) is 6.81. The highest BCUT2D eigenvalue weighted by Crippen LogP contribution is 2.43. The quantitative estimate of drug-likeness (QED) is 0.437. The van der Waals surface area contributed by atoms with Crippen LogP contribution >= 0.6 is 0 Å². The van der Waals surface area contributed by atoms with Crippen LogP contribution in [0.5, 0.6) is 23.0 Å². The Labute approximate surface area is 188 Å². The van der Waals surface area contributed by atoms with Crippen LogP contribution in [-0.2, 0) is 4.74 Å². The Morgan fingerprint density at radius 3 is 2.64 bits per heavy atom. The molecule has 0 bridgehead atoms. The lowest BCUT2D eigenvalue weighted by atomic mass is 10.1. The van der Waals surface area contributed by atoms with Gasteiger partial charge in [0.2, 0.25) is 0 Å². The molecule has 172 valence electrons. The lowest BCUT2D eigenvalue weighted by molar-refractivity contribution is 0.0383. The number of carbonyl (C=O) groups is 1. The van der Waals surface area contributed by atoms with Gasteiger partial charge in [0.25, 0.3) is 5.91 Å². The van der Waals surface area contributed by atoms with E-state index < -0.39 is 5.91 Å². The molecular weight excluding hydrogens is 432 g/mol. The lowest BCUT2D eigenvalue weighted by Gasteiger charge is -2.26. The molecule has 11 heteroatoms. The molecule has 1 saturated heterocycles. The first kappa shape index (κ1) is 22.2. The molecule has 0 radical (unpaired) electrons. The molecular formula is C22H22N4O7. The third kappa shape index (κ3) is 5.45. The summed E-state index contributed by atoms with van der Waals surface area (Å²) < 4.78 is 16.3. The molecule has 0 spiro atoms. The monoisotopic (exact) mass is 454 g/mol. The number of nitroso groups, excluding NO2 is 1. The van der Waals surface area contributed by atoms with E-state index >= 15 is 0 Å². The molecule has 1 aliphatic heterocycles. The SMILES string of the molecule is O=Nc1ccc(Oc2cc(O)cc(O)c2-c2cc(C(=O)NCCN3CCOCC3)no2)cc1. The number of rotatable bonds is 8. The van der Waals surface area contributed by atoms with Gasteiger partial charge in [-0.1, -0.05) is 5.16 Å². The van der Waals surface area contributed by atoms with Crippen LogP contribution in [0.3, 0.4) is 0 Å². The van der Waals surface area contributed by atoms with Gasteiger partial charge < -0.3 is 29.5 Å². The van der Waals surface area contributed by atoms with Gasteiger partial charge in [0.15, 0.2) is 11.5 Å². The maximum Gasteiger partial charge on any atom is 0.273 e. The van der Waals surface area contributed by atoms with Crippen molar-refractivity contribution in [3.63, 3.8) is 0 Å². The lowest BCUT2D eigenvalue weighted by Crippen LogP contribution is -2.41. The minimum atomic E-state index is -0.420. The molecule has 4 rings (SSSR count). The van der Waals surface area contributed by atoms with E-state index in [2.05, 4.69) is 20.6 Å². The predicted molar refractivity (Wildman–Crippen MR) is 117 cm³/mol. The third-order valence-electron chi connectivity index (χ3n) is 5.04. The summed E-state index contributed by atoms with van der Waals surface area (Å²) in [5.74, 6) is -0.517. The molecule has 1 amide bonds. The largest absolute Gasteiger partial charge is 0.508 e. The van der Waals surface area contributed by atoms with E-state index in [1.165, 1.54) is 36.4 Å². The Morgan fingerprint density at radius 1 is 1.15 bits per heavy atom. The Morgan fingerprint density at radius 2 is 1.91 bits per heavy atom. The van der Waals surface area contributed by atoms with Crippen LogP contribution in [0.2, 0.25) is 0 Å². The number of morpholine rings is 1. The zero-order valence-electron chi connectivity index (χ0n) is 17.6. The van der Waals surface area contributed by atoms with E-state index in [1.807, 2.05) is 0 Å². The summed E-state index contributed by atoms with van der Waals surface area (Å²) in [6, 6.07) is 9.71. The van der Waals surface area contributed by atoms with Crippen LogP contribution in [0, 0.1) is 4.91 Å². The number of nitrogens with one attached hydrogen (secondary N) is 1. The summed E-state index contributed by atoms with van der Waals surface area (Å²) in [7, 11) is 0. The van der Waals surface area contributed by atoms with Crippen molar-refractivity contribution in [1.82, 2.24) is 15.4 Å². The molecule has 1 fully saturated rings. The van der Waals surface area contributed by atoms with Gasteiger partial charge >= 0.3 is 0 Å². The molecule has 0 saturated carbocycles. The van der Waals surface area contributed by atoms with Crippen LogP contribution < -0.4 is 10.1 Å². The van der Waals surface area contributed by atoms with Crippen molar-refractivity contribution < 1.29 is 29.0 Å². The van der Waals surface area contributed by atoms with Crippen LogP contribution in [-0.4, -0.2) is 65.6 Å². The zero-order valence-corrected chi connectivity index (χ0v) is 17.6. The summed E-state index contributed by atoms with van der Waals surface area (Å²) >= 11 is 0. The van der Waals surface area contributed by atoms with E-state index in [0.717, 1.165) is 19.2 Å². The van der Waals surface area contributed by atoms with Gasteiger partial charge in [-0.05, 0) is 29.4 Å². The first-order valence-corrected chi connectivity index (χ1v) is 10.3. The number of aromatic hydroxyl groups is 2. The molecule has 11 nitrogen and oxygen atoms in total. The number of nitrogens with zero attached hydrogens (tertiary/aromatic N) is 3. The van der Waals surface area contributed by atoms with E-state index in [1.54, 1.807) is 0 Å². The number of benzene rings is 2. The number of ether oxygens (including phenoxy) is 2. The van der Waals surface area contributed by atoms with Gasteiger partial charge in [0.1, 0.15) is 34.2 Å². The second-order valence-corrected chi connectivity index (χ2v) is 7.31. The standard InChI is InChI=1S/C22H22N4O7/c27-15-11-18(28)21(19(12-15)32-16-3-1-14(24-30)2-4-16)20-13-17(25-33-20)22(29)23-5-6-26-7-9-31-10-8-26/h1-4,11-13,27-28H,5-10H2,(H,23,29). The third-order valence-corrected chi connectivity index (χ3v) is 5.04. The van der Waals surface area contributed by atoms with Gasteiger partial charge in [-0.25, -0.2) is 0 Å². The second kappa shape index (κ2) is 10.1. The highest BCUT2D eigenvalue weighted by molar-refractivity contribution is 5.93. The Balaban J connectivity index is 1.49. The number of phenols is 2. The number of amides is 1. The van der Waals surface area contributed by atoms with Gasteiger partial charge in [0.05, 0.1) is 13.2 Å². The van der Waals surface area contributed by atoms with E-state index in [4.69, 9.17) is 14.0 Å². The minimum Gasteiger partial charge on any atom is -0.508 e. The molecule has 1 aliphatic rings. The van der Waals surface area contributed by atoms with Crippen molar-refractivity contribution in [2.24, 2.45) is 5.18 Å². The number of carbonyl (C=O) groups excluding carboxylic acids is 1. The smallest absolute Gasteiger partial charge is 0.273 e. The first-order valence-electron chi connectivity index (χ1n) is 10.3. The molecule has 2 heterocycles. The van der Waals surface area contributed by atoms with Gasteiger partial charge in [-0.2, -0.15) is 0 Å². The van der Waals surface area contributed by atoms with Crippen molar-refractivity contribution in [3.05, 3.63) is 53.1 Å². The summed E-state index contributed by atoms with van der Waals surface area (Å²) in [4.78, 5) is 25.2. The fourth-order valence-electron chi connectivity index (χ4n) is 3.36. The van der Waals surface area contributed by atoms with Crippen LogP contribution in [0.1, 0.15) is 10.5 Å². The zero-order chi connectivity index (χ0) is 23.2. The Hall–Kier alpha value is -3.96. The van der Waals surface area contributed by atoms with E-state index in [0.29, 0.717) is 32.1 Å². The first-order chi connectivity index (χ1) is 16.0. The average molecular weight is 454 g/mol. The van der Waals surface area contributed by atoms with Crippen molar-refractivity contribution in [2.45, 2.75) is 0 Å². The summed E-state index contributed by atoms with van der Waals surface area (Å²) in [5, 5.41) is 29.7. The van der Waals surface area contributed by atoms with Gasteiger partial charge in [-0.3, -0.25) is 9.69 Å². The number of hydrogen-bond acceptors (Lipinski definition) is 10. The van der Waals surface area contributed by atoms with Crippen molar-refractivity contribution in [3.8, 4) is 34.3 Å². The number of aromatic nitrogens is 1. The van der Waals surface area contributed by atoms with Crippen LogP contribution in [0.4, 0.5) is 5.69 Å². The Bertz CT molecular complexity index is 1120. The normalized spacial score (nSPS) is 14.1. The topological polar surface area (TPSA) is 147 Å². The van der Waals surface area contributed by atoms with Crippen molar-refractivity contribution in [2.75, 3.05) is 39.4 Å². The molecule has 0 aliphatic carbocycles. The number of phenolic OH excluding ortho intramolecular Hbond substituents is 2. The summed E-state index contributed by atoms with van der Waals surface area (Å²) in [5.41, 5.74) is 0.359. The minimum absolute atomic E-state index is 0.0341. The highest BCUT2D eigenvalue weighted by atomic mass is 16.5. The highest BCUT2D eigenvalue weighted by Gasteiger charge is 2.21. The van der Waals surface area contributed by atoms with E-state index in [9.17, 15) is 19.9 Å². The molecule has 0 atom stereocenters. The van der Waals surface area contributed by atoms with Gasteiger partial charge in [-0.15, -0.1) is 4.91 Å². The fourth-order valence-corrected chi connectivity index (χ4v) is 3.36. The average Bonchev–Trinajstić information content (AvgIpc) is 3.30.